The molecule has 0 saturated carbocycles. The number of carbonyl (C=O) groups excluding carboxylic acids is 1. The first-order valence-corrected chi connectivity index (χ1v) is 7.00. The summed E-state index contributed by atoms with van der Waals surface area (Å²) in [6.45, 7) is 3.04. The zero-order valence-corrected chi connectivity index (χ0v) is 11.6. The van der Waals surface area contributed by atoms with Crippen molar-refractivity contribution in [1.29, 1.82) is 0 Å². The van der Waals surface area contributed by atoms with Crippen LogP contribution < -0.4 is 5.32 Å². The number of nitrogens with one attached hydrogen (secondary N) is 1. The van der Waals surface area contributed by atoms with Crippen LogP contribution in [0.25, 0.3) is 10.9 Å². The molecule has 1 unspecified atom stereocenters. The first kappa shape index (κ1) is 12.4. The van der Waals surface area contributed by atoms with Crippen LogP contribution in [0.3, 0.4) is 0 Å². The molecule has 0 aliphatic carbocycles. The zero-order chi connectivity index (χ0) is 13.4. The summed E-state index contributed by atoms with van der Waals surface area (Å²) in [5.41, 5.74) is 3.22. The summed E-state index contributed by atoms with van der Waals surface area (Å²) in [5.74, 6) is 0.245. The molecule has 1 saturated heterocycles. The van der Waals surface area contributed by atoms with Gasteiger partial charge < -0.3 is 9.88 Å². The lowest BCUT2D eigenvalue weighted by Crippen LogP contribution is -2.40. The van der Waals surface area contributed by atoms with Crippen molar-refractivity contribution in [1.82, 2.24) is 9.88 Å². The summed E-state index contributed by atoms with van der Waals surface area (Å²) in [6, 6.07) is 6.29. The van der Waals surface area contributed by atoms with E-state index in [9.17, 15) is 4.79 Å². The van der Waals surface area contributed by atoms with Crippen molar-refractivity contribution < 1.29 is 4.79 Å². The predicted octanol–water partition coefficient (Wildman–Crippen LogP) is 2.81. The van der Waals surface area contributed by atoms with E-state index in [1.807, 2.05) is 13.2 Å². The number of aromatic nitrogens is 1. The highest BCUT2D eigenvalue weighted by molar-refractivity contribution is 6.10. The third-order valence-corrected chi connectivity index (χ3v) is 4.04. The molecule has 3 heteroatoms. The van der Waals surface area contributed by atoms with E-state index in [0.717, 1.165) is 35.9 Å². The van der Waals surface area contributed by atoms with E-state index in [1.165, 1.54) is 12.0 Å². The van der Waals surface area contributed by atoms with Crippen LogP contribution >= 0.6 is 0 Å². The molecule has 1 N–H and O–H groups in total. The van der Waals surface area contributed by atoms with Gasteiger partial charge in [0.15, 0.2) is 5.78 Å². The molecular formula is C16H20N2O. The van der Waals surface area contributed by atoms with Crippen molar-refractivity contribution in [2.45, 2.75) is 32.2 Å². The topological polar surface area (TPSA) is 34.0 Å². The minimum Gasteiger partial charge on any atom is -0.350 e. The van der Waals surface area contributed by atoms with E-state index < -0.39 is 0 Å². The van der Waals surface area contributed by atoms with Gasteiger partial charge in [-0.2, -0.15) is 0 Å². The zero-order valence-electron chi connectivity index (χ0n) is 11.6. The van der Waals surface area contributed by atoms with E-state index in [2.05, 4.69) is 35.0 Å². The van der Waals surface area contributed by atoms with E-state index in [-0.39, 0.29) is 11.8 Å². The van der Waals surface area contributed by atoms with E-state index in [4.69, 9.17) is 0 Å². The molecule has 1 aliphatic rings. The van der Waals surface area contributed by atoms with Gasteiger partial charge in [-0.15, -0.1) is 0 Å². The number of fused-ring (bicyclic) bond motifs is 1. The summed E-state index contributed by atoms with van der Waals surface area (Å²) in [7, 11) is 2.01. The quantitative estimate of drug-likeness (QED) is 0.838. The molecule has 1 aliphatic heterocycles. The van der Waals surface area contributed by atoms with Crippen molar-refractivity contribution in [3.63, 3.8) is 0 Å². The summed E-state index contributed by atoms with van der Waals surface area (Å²) in [5, 5.41) is 4.42. The Bertz CT molecular complexity index is 621. The van der Waals surface area contributed by atoms with Gasteiger partial charge in [0.2, 0.25) is 0 Å². The highest BCUT2D eigenvalue weighted by Crippen LogP contribution is 2.24. The molecule has 0 spiro atoms. The molecule has 2 aromatic rings. The molecule has 1 fully saturated rings. The van der Waals surface area contributed by atoms with Crippen molar-refractivity contribution >= 4 is 16.7 Å². The minimum atomic E-state index is 0.000605. The fourth-order valence-corrected chi connectivity index (χ4v) is 2.95. The minimum absolute atomic E-state index is 0.000605. The number of benzene rings is 1. The van der Waals surface area contributed by atoms with Gasteiger partial charge in [-0.05, 0) is 37.9 Å². The maximum absolute atomic E-state index is 12.6. The second-order valence-corrected chi connectivity index (χ2v) is 5.54. The Hall–Kier alpha value is -1.61. The van der Waals surface area contributed by atoms with Crippen LogP contribution in [-0.2, 0) is 7.05 Å². The Morgan fingerprint density at radius 1 is 1.37 bits per heavy atom. The highest BCUT2D eigenvalue weighted by Gasteiger charge is 2.24. The van der Waals surface area contributed by atoms with Crippen molar-refractivity contribution in [2.75, 3.05) is 6.54 Å². The van der Waals surface area contributed by atoms with Gasteiger partial charge in [-0.3, -0.25) is 4.79 Å². The summed E-state index contributed by atoms with van der Waals surface area (Å²) in [4.78, 5) is 12.6. The van der Waals surface area contributed by atoms with Gasteiger partial charge in [-0.25, -0.2) is 0 Å². The predicted molar refractivity (Wildman–Crippen MR) is 77.6 cm³/mol. The molecule has 0 radical (unpaired) electrons. The first-order valence-electron chi connectivity index (χ1n) is 7.00. The molecular weight excluding hydrogens is 236 g/mol. The number of piperidine rings is 1. The largest absolute Gasteiger partial charge is 0.350 e. The SMILES string of the molecule is Cc1ccc2c(C(=O)C3CCCCN3)cn(C)c2c1. The average Bonchev–Trinajstić information content (AvgIpc) is 2.76. The number of aryl methyl sites for hydroxylation is 2. The molecule has 1 atom stereocenters. The summed E-state index contributed by atoms with van der Waals surface area (Å²) in [6.07, 6.45) is 5.26. The maximum Gasteiger partial charge on any atom is 0.181 e. The van der Waals surface area contributed by atoms with Crippen LogP contribution in [0.1, 0.15) is 35.2 Å². The van der Waals surface area contributed by atoms with E-state index >= 15 is 0 Å². The lowest BCUT2D eigenvalue weighted by Gasteiger charge is -2.21. The Labute approximate surface area is 113 Å². The number of nitrogens with zero attached hydrogens (tertiary/aromatic N) is 1. The first-order chi connectivity index (χ1) is 9.16. The maximum atomic E-state index is 12.6. The van der Waals surface area contributed by atoms with Crippen LogP contribution in [-0.4, -0.2) is 22.9 Å². The van der Waals surface area contributed by atoms with E-state index in [0.29, 0.717) is 0 Å². The number of ketones is 1. The molecule has 1 aromatic heterocycles. The molecule has 100 valence electrons. The lowest BCUT2D eigenvalue weighted by atomic mass is 9.96. The fourth-order valence-electron chi connectivity index (χ4n) is 2.95. The molecule has 1 aromatic carbocycles. The molecule has 3 nitrogen and oxygen atoms in total. The third-order valence-electron chi connectivity index (χ3n) is 4.04. The van der Waals surface area contributed by atoms with Gasteiger partial charge in [0, 0.05) is 29.7 Å². The van der Waals surface area contributed by atoms with Gasteiger partial charge in [0.1, 0.15) is 0 Å². The van der Waals surface area contributed by atoms with Crippen molar-refractivity contribution in [3.05, 3.63) is 35.5 Å². The highest BCUT2D eigenvalue weighted by atomic mass is 16.1. The van der Waals surface area contributed by atoms with Gasteiger partial charge in [-0.1, -0.05) is 18.6 Å². The number of rotatable bonds is 2. The van der Waals surface area contributed by atoms with E-state index in [1.54, 1.807) is 0 Å². The lowest BCUT2D eigenvalue weighted by molar-refractivity contribution is 0.0928. The van der Waals surface area contributed by atoms with Crippen molar-refractivity contribution in [3.8, 4) is 0 Å². The Balaban J connectivity index is 2.02. The summed E-state index contributed by atoms with van der Waals surface area (Å²) < 4.78 is 2.05. The molecule has 0 bridgehead atoms. The Morgan fingerprint density at radius 2 is 2.21 bits per heavy atom. The van der Waals surface area contributed by atoms with Gasteiger partial charge in [0.25, 0.3) is 0 Å². The van der Waals surface area contributed by atoms with Crippen LogP contribution in [0.5, 0.6) is 0 Å². The smallest absolute Gasteiger partial charge is 0.181 e. The van der Waals surface area contributed by atoms with Crippen LogP contribution in [0.4, 0.5) is 0 Å². The normalized spacial score (nSPS) is 19.8. The Kier molecular flexibility index (Phi) is 3.15. The standard InChI is InChI=1S/C16H20N2O/c1-11-6-7-12-13(10-18(2)15(12)9-11)16(19)14-5-3-4-8-17-14/h6-7,9-10,14,17H,3-5,8H2,1-2H3. The van der Waals surface area contributed by atoms with Gasteiger partial charge in [0.05, 0.1) is 6.04 Å². The Morgan fingerprint density at radius 3 is 2.95 bits per heavy atom. The monoisotopic (exact) mass is 256 g/mol. The van der Waals surface area contributed by atoms with Crippen LogP contribution in [0.15, 0.2) is 24.4 Å². The van der Waals surface area contributed by atoms with Crippen LogP contribution in [0, 0.1) is 6.92 Å². The molecule has 3 rings (SSSR count). The number of hydrogen-bond acceptors (Lipinski definition) is 2. The van der Waals surface area contributed by atoms with Crippen molar-refractivity contribution in [2.24, 2.45) is 7.05 Å². The fraction of sp³-hybridized carbons (Fsp3) is 0.438. The third kappa shape index (κ3) is 2.19. The molecule has 2 heterocycles. The number of Topliss-reactive ketones (excluding diaryl/α,β-unsaturated/α-hetero) is 1. The second-order valence-electron chi connectivity index (χ2n) is 5.54. The van der Waals surface area contributed by atoms with Gasteiger partial charge >= 0.3 is 0 Å². The molecule has 19 heavy (non-hydrogen) atoms. The molecule has 0 amide bonds. The number of carbonyl (C=O) groups is 1. The second kappa shape index (κ2) is 4.82. The number of hydrogen-bond donors (Lipinski definition) is 1. The average molecular weight is 256 g/mol. The van der Waals surface area contributed by atoms with Crippen LogP contribution in [0.2, 0.25) is 0 Å². The summed E-state index contributed by atoms with van der Waals surface area (Å²) >= 11 is 0.